The van der Waals surface area contributed by atoms with E-state index in [4.69, 9.17) is 74.8 Å². The van der Waals surface area contributed by atoms with Crippen LogP contribution in [0.1, 0.15) is 98.3 Å². The molecule has 6 aliphatic rings. The van der Waals surface area contributed by atoms with Crippen LogP contribution in [0.3, 0.4) is 0 Å². The fourth-order valence-corrected chi connectivity index (χ4v) is 9.16. The lowest BCUT2D eigenvalue weighted by Crippen LogP contribution is -2.37. The first-order valence-corrected chi connectivity index (χ1v) is 25.5. The summed E-state index contributed by atoms with van der Waals surface area (Å²) < 4.78 is 32.2. The minimum atomic E-state index is -0.527. The molecule has 386 valence electrons. The smallest absolute Gasteiger partial charge is 0.414 e. The molecule has 0 spiro atoms. The molecule has 3 saturated heterocycles. The summed E-state index contributed by atoms with van der Waals surface area (Å²) in [6.07, 6.45) is 4.98. The van der Waals surface area contributed by atoms with Gasteiger partial charge in [0.1, 0.15) is 49.1 Å². The Hall–Kier alpha value is -4.10. The van der Waals surface area contributed by atoms with Crippen molar-refractivity contribution in [3.05, 3.63) is 55.5 Å². The van der Waals surface area contributed by atoms with Gasteiger partial charge in [0.15, 0.2) is 0 Å². The Morgan fingerprint density at radius 2 is 0.843 bits per heavy atom. The first kappa shape index (κ1) is 55.2. The van der Waals surface area contributed by atoms with Crippen LogP contribution in [0.25, 0.3) is 0 Å². The van der Waals surface area contributed by atoms with Crippen LogP contribution in [0.4, 0.5) is 43.1 Å². The minimum absolute atomic E-state index is 0.272. The van der Waals surface area contributed by atoms with Crippen LogP contribution in [0, 0.1) is 0 Å². The van der Waals surface area contributed by atoms with Crippen molar-refractivity contribution >= 4 is 93.4 Å². The highest BCUT2D eigenvalue weighted by molar-refractivity contribution is 6.34. The number of amides is 3. The SMILES string of the molecule is C1CCOCC1.CC(C)(C)OC(=O)N1CCc2c1cc(Cl)nc2Cl.CC(C)(C)OC(=O)N1CCc2c1cc(Cl)nc2N1CCOCC1.CC(C)(C)OC(=O)N1CCc2c1cc(N1CCOCC1)nc2Cl. The van der Waals surface area contributed by atoms with Gasteiger partial charge < -0.3 is 38.2 Å². The summed E-state index contributed by atoms with van der Waals surface area (Å²) in [7, 11) is 0. The number of nitrogens with zero attached hydrogens (tertiary/aromatic N) is 8. The number of anilines is 5. The first-order chi connectivity index (χ1) is 33.0. The molecule has 0 aromatic carbocycles. The summed E-state index contributed by atoms with van der Waals surface area (Å²) in [6.45, 7) is 26.2. The number of fused-ring (bicyclic) bond motifs is 3. The van der Waals surface area contributed by atoms with Crippen LogP contribution in [-0.2, 0) is 47.7 Å². The average Bonchev–Trinajstić information content (AvgIpc) is 4.04. The fraction of sp³-hybridized carbons (Fsp3) is 0.633. The van der Waals surface area contributed by atoms with Crippen molar-refractivity contribution < 1.29 is 42.8 Å². The van der Waals surface area contributed by atoms with Crippen molar-refractivity contribution in [3.63, 3.8) is 0 Å². The molecule has 3 aromatic heterocycles. The molecule has 17 nitrogen and oxygen atoms in total. The summed E-state index contributed by atoms with van der Waals surface area (Å²) >= 11 is 24.4. The Morgan fingerprint density at radius 3 is 1.26 bits per heavy atom. The van der Waals surface area contributed by atoms with Crippen LogP contribution < -0.4 is 24.5 Å². The van der Waals surface area contributed by atoms with Gasteiger partial charge >= 0.3 is 18.3 Å². The van der Waals surface area contributed by atoms with Crippen molar-refractivity contribution in [1.82, 2.24) is 15.0 Å². The largest absolute Gasteiger partial charge is 0.443 e. The minimum Gasteiger partial charge on any atom is -0.443 e. The number of rotatable bonds is 2. The summed E-state index contributed by atoms with van der Waals surface area (Å²) in [6, 6.07) is 5.32. The standard InChI is InChI=1S/2C16H22ClN3O3.C12H14Cl2N2O2.C5H10O/c1-16(2,3)23-15(21)20-5-4-11-12(20)10-13(18-14(11)17)19-6-8-22-9-7-19;1-16(2,3)23-15(21)20-5-4-11-12(20)10-13(17)18-14(11)19-6-8-22-9-7-19;1-12(2,3)18-11(17)16-5-4-7-8(16)6-9(13)15-10(7)14;1-2-4-6-5-3-1/h2*10H,4-9H2,1-3H3;6H,4-5H2,1-3H3;1-5H2. The van der Waals surface area contributed by atoms with E-state index in [1.165, 1.54) is 19.3 Å². The van der Waals surface area contributed by atoms with E-state index in [1.807, 2.05) is 68.4 Å². The van der Waals surface area contributed by atoms with Gasteiger partial charge in [0.2, 0.25) is 0 Å². The van der Waals surface area contributed by atoms with E-state index < -0.39 is 16.8 Å². The quantitative estimate of drug-likeness (QED) is 0.176. The second kappa shape index (κ2) is 24.1. The van der Waals surface area contributed by atoms with E-state index in [-0.39, 0.29) is 23.4 Å². The molecular formula is C49H68Cl4N8O9. The van der Waals surface area contributed by atoms with E-state index in [0.717, 1.165) is 85.5 Å². The fourth-order valence-electron chi connectivity index (χ4n) is 8.19. The third-order valence-corrected chi connectivity index (χ3v) is 12.3. The van der Waals surface area contributed by atoms with Gasteiger partial charge in [0.25, 0.3) is 0 Å². The van der Waals surface area contributed by atoms with Crippen molar-refractivity contribution in [2.24, 2.45) is 0 Å². The Morgan fingerprint density at radius 1 is 0.471 bits per heavy atom. The molecule has 3 fully saturated rings. The number of morpholine rings is 2. The van der Waals surface area contributed by atoms with E-state index in [9.17, 15) is 14.4 Å². The van der Waals surface area contributed by atoms with Gasteiger partial charge in [-0.2, -0.15) is 0 Å². The molecule has 0 N–H and O–H groups in total. The number of halogens is 4. The number of ether oxygens (including phenoxy) is 6. The van der Waals surface area contributed by atoms with Gasteiger partial charge in [-0.15, -0.1) is 0 Å². The summed E-state index contributed by atoms with van der Waals surface area (Å²) in [5.74, 6) is 1.65. The Labute approximate surface area is 432 Å². The van der Waals surface area contributed by atoms with Gasteiger partial charge in [-0.1, -0.05) is 46.4 Å². The highest BCUT2D eigenvalue weighted by Gasteiger charge is 2.35. The number of hydrogen-bond acceptors (Lipinski definition) is 14. The number of hydrogen-bond donors (Lipinski definition) is 0. The molecule has 70 heavy (non-hydrogen) atoms. The van der Waals surface area contributed by atoms with E-state index >= 15 is 0 Å². The molecule has 3 amide bonds. The molecule has 6 aliphatic heterocycles. The highest BCUT2D eigenvalue weighted by Crippen LogP contribution is 2.39. The lowest BCUT2D eigenvalue weighted by atomic mass is 10.2. The van der Waals surface area contributed by atoms with Crippen molar-refractivity contribution in [1.29, 1.82) is 0 Å². The van der Waals surface area contributed by atoms with Crippen LogP contribution >= 0.6 is 46.4 Å². The molecule has 0 aliphatic carbocycles. The normalized spacial score (nSPS) is 17.7. The van der Waals surface area contributed by atoms with Gasteiger partial charge in [-0.05, 0) is 113 Å². The van der Waals surface area contributed by atoms with E-state index in [0.29, 0.717) is 80.1 Å². The van der Waals surface area contributed by atoms with Crippen LogP contribution in [0.2, 0.25) is 20.6 Å². The zero-order valence-corrected chi connectivity index (χ0v) is 45.0. The molecule has 0 unspecified atom stereocenters. The Bertz CT molecular complexity index is 2270. The molecule has 9 rings (SSSR count). The zero-order valence-electron chi connectivity index (χ0n) is 41.9. The first-order valence-electron chi connectivity index (χ1n) is 24.0. The zero-order chi connectivity index (χ0) is 51.0. The lowest BCUT2D eigenvalue weighted by molar-refractivity contribution is 0.0573. The Balaban J connectivity index is 0.000000163. The Kier molecular flexibility index (Phi) is 19.0. The maximum Gasteiger partial charge on any atom is 0.414 e. The van der Waals surface area contributed by atoms with Crippen molar-refractivity contribution in [2.45, 2.75) is 118 Å². The molecular weight excluding hydrogens is 986 g/mol. The third kappa shape index (κ3) is 15.5. The summed E-state index contributed by atoms with van der Waals surface area (Å²) in [5.41, 5.74) is 3.53. The topological polar surface area (TPSA) is 161 Å². The number of carbonyl (C=O) groups is 3. The summed E-state index contributed by atoms with van der Waals surface area (Å²) in [5, 5.41) is 1.48. The number of pyridine rings is 3. The van der Waals surface area contributed by atoms with Gasteiger partial charge in [0.05, 0.1) is 43.5 Å². The molecule has 9 heterocycles. The molecule has 3 aromatic rings. The number of aromatic nitrogens is 3. The molecule has 0 saturated carbocycles. The summed E-state index contributed by atoms with van der Waals surface area (Å²) in [4.78, 5) is 59.0. The van der Waals surface area contributed by atoms with E-state index in [1.54, 1.807) is 26.8 Å². The molecule has 0 radical (unpaired) electrons. The molecule has 21 heteroatoms. The lowest BCUT2D eigenvalue weighted by Gasteiger charge is -2.30. The number of carbonyl (C=O) groups excluding carboxylic acids is 3. The second-order valence-electron chi connectivity index (χ2n) is 20.3. The van der Waals surface area contributed by atoms with Crippen LogP contribution in [0.15, 0.2) is 18.2 Å². The predicted octanol–water partition coefficient (Wildman–Crippen LogP) is 10.6. The van der Waals surface area contributed by atoms with E-state index in [2.05, 4.69) is 24.8 Å². The predicted molar refractivity (Wildman–Crippen MR) is 275 cm³/mol. The molecule has 0 bridgehead atoms. The monoisotopic (exact) mass is 1050 g/mol. The maximum absolute atomic E-state index is 12.4. The van der Waals surface area contributed by atoms with Gasteiger partial charge in [0, 0.05) is 81.8 Å². The second-order valence-corrected chi connectivity index (χ2v) is 21.8. The highest BCUT2D eigenvalue weighted by atomic mass is 35.5. The molecule has 0 atom stereocenters. The van der Waals surface area contributed by atoms with Crippen LogP contribution in [0.5, 0.6) is 0 Å². The third-order valence-electron chi connectivity index (χ3n) is 11.3. The van der Waals surface area contributed by atoms with Gasteiger partial charge in [-0.25, -0.2) is 29.3 Å². The average molecular weight is 1050 g/mol. The van der Waals surface area contributed by atoms with Crippen molar-refractivity contribution in [2.75, 3.05) is 110 Å². The van der Waals surface area contributed by atoms with Crippen LogP contribution in [-0.4, -0.2) is 135 Å². The maximum atomic E-state index is 12.4. The van der Waals surface area contributed by atoms with Gasteiger partial charge in [-0.3, -0.25) is 14.7 Å². The van der Waals surface area contributed by atoms with Crippen molar-refractivity contribution in [3.8, 4) is 0 Å².